The molecule has 0 aliphatic rings. The Labute approximate surface area is 125 Å². The number of nitrogens with one attached hydrogen (secondary N) is 1. The average Bonchev–Trinajstić information content (AvgIpc) is 2.76. The molecule has 0 saturated heterocycles. The second-order valence-electron chi connectivity index (χ2n) is 4.41. The number of carbonyl (C=O) groups excluding carboxylic acids is 1. The van der Waals surface area contributed by atoms with Gasteiger partial charge in [-0.25, -0.2) is 0 Å². The number of unbranched alkanes of at least 4 members (excludes halogenated alkanes) is 1. The van der Waals surface area contributed by atoms with Crippen molar-refractivity contribution in [3.63, 3.8) is 0 Å². The van der Waals surface area contributed by atoms with Gasteiger partial charge >= 0.3 is 6.18 Å². The molecule has 0 aliphatic carbocycles. The highest BCUT2D eigenvalue weighted by atomic mass is 32.1. The first-order valence-corrected chi connectivity index (χ1v) is 7.20. The SMILES string of the molecule is Cc1cc(C(=O)NCCCCC(F)(F)F)sc1C#CCO. The van der Waals surface area contributed by atoms with Crippen LogP contribution < -0.4 is 5.32 Å². The van der Waals surface area contributed by atoms with Crippen LogP contribution in [-0.4, -0.2) is 30.3 Å². The number of hydrogen-bond donors (Lipinski definition) is 2. The molecule has 1 heterocycles. The Morgan fingerprint density at radius 2 is 2.14 bits per heavy atom. The highest BCUT2D eigenvalue weighted by Gasteiger charge is 2.25. The maximum atomic E-state index is 11.9. The highest BCUT2D eigenvalue weighted by molar-refractivity contribution is 7.14. The Bertz CT molecular complexity index is 541. The molecule has 0 unspecified atom stereocenters. The van der Waals surface area contributed by atoms with Gasteiger partial charge in [0, 0.05) is 13.0 Å². The summed E-state index contributed by atoms with van der Waals surface area (Å²) in [6.45, 7) is 1.76. The van der Waals surface area contributed by atoms with Gasteiger partial charge in [0.15, 0.2) is 0 Å². The number of halogens is 3. The summed E-state index contributed by atoms with van der Waals surface area (Å²) >= 11 is 1.20. The largest absolute Gasteiger partial charge is 0.389 e. The lowest BCUT2D eigenvalue weighted by Gasteiger charge is -2.06. The summed E-state index contributed by atoms with van der Waals surface area (Å²) in [5, 5.41) is 11.2. The number of amides is 1. The van der Waals surface area contributed by atoms with Crippen molar-refractivity contribution in [2.75, 3.05) is 13.2 Å². The second kappa shape index (κ2) is 8.05. The van der Waals surface area contributed by atoms with E-state index >= 15 is 0 Å². The molecule has 0 atom stereocenters. The molecule has 0 spiro atoms. The maximum absolute atomic E-state index is 11.9. The van der Waals surface area contributed by atoms with Crippen molar-refractivity contribution in [3.05, 3.63) is 21.4 Å². The second-order valence-corrected chi connectivity index (χ2v) is 5.46. The van der Waals surface area contributed by atoms with Gasteiger partial charge in [0.1, 0.15) is 6.61 Å². The number of hydrogen-bond acceptors (Lipinski definition) is 3. The summed E-state index contributed by atoms with van der Waals surface area (Å²) in [6, 6.07) is 1.68. The maximum Gasteiger partial charge on any atom is 0.389 e. The van der Waals surface area contributed by atoms with E-state index in [0.29, 0.717) is 9.75 Å². The number of aliphatic hydroxyl groups is 1. The first kappa shape index (κ1) is 17.5. The van der Waals surface area contributed by atoms with E-state index in [1.54, 1.807) is 13.0 Å². The van der Waals surface area contributed by atoms with Gasteiger partial charge in [0.05, 0.1) is 9.75 Å². The van der Waals surface area contributed by atoms with Crippen LogP contribution in [0.15, 0.2) is 6.07 Å². The summed E-state index contributed by atoms with van der Waals surface area (Å²) < 4.78 is 35.8. The molecule has 1 aromatic rings. The van der Waals surface area contributed by atoms with Gasteiger partial charge in [0.2, 0.25) is 0 Å². The third kappa shape index (κ3) is 6.65. The molecule has 7 heteroatoms. The summed E-state index contributed by atoms with van der Waals surface area (Å²) in [6.07, 6.45) is -4.69. The van der Waals surface area contributed by atoms with Crippen LogP contribution in [0.3, 0.4) is 0 Å². The fourth-order valence-corrected chi connectivity index (χ4v) is 2.54. The van der Waals surface area contributed by atoms with Gasteiger partial charge in [-0.15, -0.1) is 11.3 Å². The van der Waals surface area contributed by atoms with Crippen LogP contribution >= 0.6 is 11.3 Å². The van der Waals surface area contributed by atoms with Gasteiger partial charge in [-0.1, -0.05) is 11.8 Å². The van der Waals surface area contributed by atoms with Crippen molar-refractivity contribution in [2.24, 2.45) is 0 Å². The Balaban J connectivity index is 2.42. The first-order valence-electron chi connectivity index (χ1n) is 6.38. The van der Waals surface area contributed by atoms with Crippen LogP contribution in [-0.2, 0) is 0 Å². The summed E-state index contributed by atoms with van der Waals surface area (Å²) in [4.78, 5) is 13.0. The fourth-order valence-electron chi connectivity index (χ4n) is 1.58. The molecule has 0 radical (unpaired) electrons. The van der Waals surface area contributed by atoms with Crippen molar-refractivity contribution in [2.45, 2.75) is 32.4 Å². The fraction of sp³-hybridized carbons (Fsp3) is 0.500. The zero-order valence-corrected chi connectivity index (χ0v) is 12.3. The van der Waals surface area contributed by atoms with E-state index in [9.17, 15) is 18.0 Å². The number of rotatable bonds is 5. The quantitative estimate of drug-likeness (QED) is 0.648. The molecular weight excluding hydrogens is 303 g/mol. The van der Waals surface area contributed by atoms with Gasteiger partial charge in [-0.2, -0.15) is 13.2 Å². The van der Waals surface area contributed by atoms with E-state index in [0.717, 1.165) is 5.56 Å². The van der Waals surface area contributed by atoms with Crippen LogP contribution in [0.5, 0.6) is 0 Å². The third-order valence-electron chi connectivity index (χ3n) is 2.60. The predicted octanol–water partition coefficient (Wildman–Crippen LogP) is 2.86. The number of carbonyl (C=O) groups is 1. The predicted molar refractivity (Wildman–Crippen MR) is 75.3 cm³/mol. The summed E-state index contributed by atoms with van der Waals surface area (Å²) in [5.74, 6) is 4.94. The molecule has 3 nitrogen and oxygen atoms in total. The van der Waals surface area contributed by atoms with E-state index in [-0.39, 0.29) is 31.9 Å². The van der Waals surface area contributed by atoms with Crippen LogP contribution in [0, 0.1) is 18.8 Å². The minimum Gasteiger partial charge on any atom is -0.384 e. The van der Waals surface area contributed by atoms with Gasteiger partial charge < -0.3 is 10.4 Å². The summed E-state index contributed by atoms with van der Waals surface area (Å²) in [5.41, 5.74) is 0.836. The van der Waals surface area contributed by atoms with E-state index in [2.05, 4.69) is 17.2 Å². The molecule has 0 aliphatic heterocycles. The van der Waals surface area contributed by atoms with Crippen LogP contribution in [0.25, 0.3) is 0 Å². The van der Waals surface area contributed by atoms with E-state index in [1.165, 1.54) is 11.3 Å². The Morgan fingerprint density at radius 1 is 1.43 bits per heavy atom. The van der Waals surface area contributed by atoms with Gasteiger partial charge in [-0.05, 0) is 31.4 Å². The van der Waals surface area contributed by atoms with Crippen molar-refractivity contribution < 1.29 is 23.1 Å². The molecule has 1 amide bonds. The highest BCUT2D eigenvalue weighted by Crippen LogP contribution is 2.22. The Kier molecular flexibility index (Phi) is 6.72. The molecule has 2 N–H and O–H groups in total. The lowest BCUT2D eigenvalue weighted by atomic mass is 10.2. The topological polar surface area (TPSA) is 49.3 Å². The van der Waals surface area contributed by atoms with Crippen molar-refractivity contribution in [1.29, 1.82) is 0 Å². The molecule has 1 rings (SSSR count). The first-order chi connectivity index (χ1) is 9.83. The van der Waals surface area contributed by atoms with Crippen molar-refractivity contribution in [3.8, 4) is 11.8 Å². The minimum atomic E-state index is -4.14. The molecule has 21 heavy (non-hydrogen) atoms. The number of aryl methyl sites for hydroxylation is 1. The molecule has 0 fully saturated rings. The van der Waals surface area contributed by atoms with Crippen LogP contribution in [0.4, 0.5) is 13.2 Å². The standard InChI is InChI=1S/C14H16F3NO2S/c1-10-9-12(21-11(10)5-4-8-19)13(20)18-7-3-2-6-14(15,16)17/h9,19H,2-3,6-8H2,1H3,(H,18,20). The summed E-state index contributed by atoms with van der Waals surface area (Å²) in [7, 11) is 0. The lowest BCUT2D eigenvalue weighted by Crippen LogP contribution is -2.23. The molecular formula is C14H16F3NO2S. The van der Waals surface area contributed by atoms with Crippen molar-refractivity contribution in [1.82, 2.24) is 5.32 Å². The average molecular weight is 319 g/mol. The number of alkyl halides is 3. The molecule has 1 aromatic heterocycles. The van der Waals surface area contributed by atoms with Gasteiger partial charge in [0.25, 0.3) is 5.91 Å². The molecule has 0 bridgehead atoms. The Hall–Kier alpha value is -1.52. The van der Waals surface area contributed by atoms with Crippen LogP contribution in [0.2, 0.25) is 0 Å². The number of aliphatic hydroxyl groups excluding tert-OH is 1. The molecule has 116 valence electrons. The lowest BCUT2D eigenvalue weighted by molar-refractivity contribution is -0.135. The monoisotopic (exact) mass is 319 g/mol. The Morgan fingerprint density at radius 3 is 2.76 bits per heavy atom. The smallest absolute Gasteiger partial charge is 0.384 e. The van der Waals surface area contributed by atoms with E-state index in [4.69, 9.17) is 5.11 Å². The third-order valence-corrected chi connectivity index (χ3v) is 3.75. The zero-order valence-electron chi connectivity index (χ0n) is 11.5. The van der Waals surface area contributed by atoms with E-state index in [1.807, 2.05) is 0 Å². The van der Waals surface area contributed by atoms with Crippen molar-refractivity contribution >= 4 is 17.2 Å². The zero-order chi connectivity index (χ0) is 15.9. The molecule has 0 saturated carbocycles. The van der Waals surface area contributed by atoms with Crippen LogP contribution in [0.1, 0.15) is 39.4 Å². The minimum absolute atomic E-state index is 0.000470. The van der Waals surface area contributed by atoms with E-state index < -0.39 is 12.6 Å². The molecule has 0 aromatic carbocycles. The number of thiophene rings is 1. The van der Waals surface area contributed by atoms with Gasteiger partial charge in [-0.3, -0.25) is 4.79 Å². The normalized spacial score (nSPS) is 10.9.